The highest BCUT2D eigenvalue weighted by molar-refractivity contribution is 5.82. The number of carboxylic acids is 1. The molecule has 1 aromatic rings. The van der Waals surface area contributed by atoms with Crippen LogP contribution < -0.4 is 15.4 Å². The van der Waals surface area contributed by atoms with E-state index in [1.807, 2.05) is 0 Å². The number of ether oxygens (including phenoxy) is 1. The number of nitrogens with one attached hydrogen (secondary N) is 2. The minimum absolute atomic E-state index is 0.259. The van der Waals surface area contributed by atoms with Crippen LogP contribution >= 0.6 is 0 Å². The summed E-state index contributed by atoms with van der Waals surface area (Å²) in [7, 11) is 1.51. The number of urea groups is 1. The van der Waals surface area contributed by atoms with Crippen LogP contribution in [0.3, 0.4) is 0 Å². The lowest BCUT2D eigenvalue weighted by molar-refractivity contribution is -0.138. The summed E-state index contributed by atoms with van der Waals surface area (Å²) < 4.78 is 4.90. The number of amides is 2. The molecule has 0 unspecified atom stereocenters. The molecule has 1 atom stereocenters. The lowest BCUT2D eigenvalue weighted by Gasteiger charge is -2.10. The molecule has 0 radical (unpaired) electrons. The third-order valence-corrected chi connectivity index (χ3v) is 2.18. The van der Waals surface area contributed by atoms with Crippen LogP contribution in [0.25, 0.3) is 0 Å². The van der Waals surface area contributed by atoms with E-state index < -0.39 is 18.0 Å². The number of carbonyl (C=O) groups excluding carboxylic acids is 1. The van der Waals surface area contributed by atoms with Gasteiger partial charge in [-0.15, -0.1) is 0 Å². The molecule has 1 heterocycles. The minimum atomic E-state index is -1.09. The summed E-state index contributed by atoms with van der Waals surface area (Å²) >= 11 is 0. The van der Waals surface area contributed by atoms with Crippen LogP contribution in [0.1, 0.15) is 12.5 Å². The van der Waals surface area contributed by atoms with E-state index in [1.54, 1.807) is 18.3 Å². The lowest BCUT2D eigenvalue weighted by atomic mass is 10.3. The fourth-order valence-electron chi connectivity index (χ4n) is 1.13. The predicted octanol–water partition coefficient (Wildman–Crippen LogP) is 0.362. The van der Waals surface area contributed by atoms with Gasteiger partial charge in [0.1, 0.15) is 6.04 Å². The number of hydrogen-bond acceptors (Lipinski definition) is 4. The smallest absolute Gasteiger partial charge is 0.325 e. The van der Waals surface area contributed by atoms with E-state index in [0.29, 0.717) is 5.88 Å². The van der Waals surface area contributed by atoms with Crippen LogP contribution in [-0.2, 0) is 11.3 Å². The molecule has 0 aromatic carbocycles. The second kappa shape index (κ2) is 6.43. The third-order valence-electron chi connectivity index (χ3n) is 2.18. The molecule has 7 nitrogen and oxygen atoms in total. The van der Waals surface area contributed by atoms with Crippen LogP contribution in [0.15, 0.2) is 18.3 Å². The van der Waals surface area contributed by atoms with E-state index in [2.05, 4.69) is 15.6 Å². The molecule has 0 bridgehead atoms. The van der Waals surface area contributed by atoms with E-state index in [4.69, 9.17) is 9.84 Å². The number of aliphatic carboxylic acids is 1. The average Bonchev–Trinajstić information content (AvgIpc) is 2.36. The van der Waals surface area contributed by atoms with Crippen molar-refractivity contribution in [3.8, 4) is 5.88 Å². The van der Waals surface area contributed by atoms with Gasteiger partial charge in [-0.25, -0.2) is 9.78 Å². The van der Waals surface area contributed by atoms with Crippen LogP contribution in [0.2, 0.25) is 0 Å². The molecule has 1 aromatic heterocycles. The largest absolute Gasteiger partial charge is 0.481 e. The maximum Gasteiger partial charge on any atom is 0.325 e. The van der Waals surface area contributed by atoms with Gasteiger partial charge in [-0.2, -0.15) is 0 Å². The van der Waals surface area contributed by atoms with E-state index in [1.165, 1.54) is 14.0 Å². The first-order valence-corrected chi connectivity index (χ1v) is 5.29. The van der Waals surface area contributed by atoms with Crippen LogP contribution in [-0.4, -0.2) is 35.2 Å². The Morgan fingerprint density at radius 1 is 1.50 bits per heavy atom. The molecule has 0 aliphatic heterocycles. The van der Waals surface area contributed by atoms with E-state index in [0.717, 1.165) is 5.56 Å². The van der Waals surface area contributed by atoms with Crippen molar-refractivity contribution in [2.45, 2.75) is 19.5 Å². The van der Waals surface area contributed by atoms with Crippen molar-refractivity contribution in [2.24, 2.45) is 0 Å². The zero-order valence-corrected chi connectivity index (χ0v) is 10.1. The molecule has 0 spiro atoms. The number of hydrogen-bond donors (Lipinski definition) is 3. The molecular weight excluding hydrogens is 238 g/mol. The Morgan fingerprint density at radius 2 is 2.22 bits per heavy atom. The highest BCUT2D eigenvalue weighted by Gasteiger charge is 2.13. The van der Waals surface area contributed by atoms with Crippen molar-refractivity contribution >= 4 is 12.0 Å². The molecule has 2 amide bonds. The highest BCUT2D eigenvalue weighted by Crippen LogP contribution is 2.05. The molecule has 98 valence electrons. The van der Waals surface area contributed by atoms with Crippen molar-refractivity contribution in [1.29, 1.82) is 0 Å². The predicted molar refractivity (Wildman–Crippen MR) is 63.3 cm³/mol. The van der Waals surface area contributed by atoms with Crippen molar-refractivity contribution in [3.63, 3.8) is 0 Å². The molecule has 3 N–H and O–H groups in total. The fourth-order valence-corrected chi connectivity index (χ4v) is 1.13. The molecule has 0 saturated carbocycles. The molecule has 0 aliphatic rings. The molecule has 7 heteroatoms. The normalized spacial score (nSPS) is 11.4. The van der Waals surface area contributed by atoms with Gasteiger partial charge in [0.05, 0.1) is 7.11 Å². The number of carbonyl (C=O) groups is 2. The number of pyridine rings is 1. The average molecular weight is 253 g/mol. The molecule has 18 heavy (non-hydrogen) atoms. The van der Waals surface area contributed by atoms with Gasteiger partial charge in [-0.3, -0.25) is 4.79 Å². The van der Waals surface area contributed by atoms with Gasteiger partial charge in [0, 0.05) is 18.8 Å². The number of carboxylic acid groups (broad SMARTS) is 1. The first-order chi connectivity index (χ1) is 8.52. The standard InChI is InChI=1S/C11H15N3O4/c1-7(10(15)16)14-11(17)13-6-8-3-4-9(18-2)12-5-8/h3-5,7H,6H2,1-2H3,(H,15,16)(H2,13,14,17)/t7-/m0/s1. The van der Waals surface area contributed by atoms with Gasteiger partial charge < -0.3 is 20.5 Å². The fraction of sp³-hybridized carbons (Fsp3) is 0.364. The first kappa shape index (κ1) is 13.8. The Morgan fingerprint density at radius 3 is 2.72 bits per heavy atom. The van der Waals surface area contributed by atoms with Gasteiger partial charge in [0.25, 0.3) is 0 Å². The molecule has 1 rings (SSSR count). The van der Waals surface area contributed by atoms with Crippen LogP contribution in [0.4, 0.5) is 4.79 Å². The Balaban J connectivity index is 2.40. The van der Waals surface area contributed by atoms with E-state index >= 15 is 0 Å². The minimum Gasteiger partial charge on any atom is -0.481 e. The van der Waals surface area contributed by atoms with Crippen LogP contribution in [0, 0.1) is 0 Å². The second-order valence-electron chi connectivity index (χ2n) is 3.60. The summed E-state index contributed by atoms with van der Waals surface area (Å²) in [6.45, 7) is 1.64. The van der Waals surface area contributed by atoms with E-state index in [-0.39, 0.29) is 6.54 Å². The number of rotatable bonds is 5. The summed E-state index contributed by atoms with van der Waals surface area (Å²) in [5, 5.41) is 13.4. The monoisotopic (exact) mass is 253 g/mol. The second-order valence-corrected chi connectivity index (χ2v) is 3.60. The summed E-state index contributed by atoms with van der Waals surface area (Å²) in [6.07, 6.45) is 1.57. The summed E-state index contributed by atoms with van der Waals surface area (Å²) in [6, 6.07) is 1.96. The SMILES string of the molecule is COc1ccc(CNC(=O)N[C@@H](C)C(=O)O)cn1. The van der Waals surface area contributed by atoms with Gasteiger partial charge in [-0.05, 0) is 12.5 Å². The van der Waals surface area contributed by atoms with Gasteiger partial charge in [0.15, 0.2) is 0 Å². The first-order valence-electron chi connectivity index (χ1n) is 5.29. The zero-order valence-electron chi connectivity index (χ0n) is 10.1. The maximum atomic E-state index is 11.3. The van der Waals surface area contributed by atoms with Crippen molar-refractivity contribution in [1.82, 2.24) is 15.6 Å². The Kier molecular flexibility index (Phi) is 4.91. The zero-order chi connectivity index (χ0) is 13.5. The topological polar surface area (TPSA) is 101 Å². The highest BCUT2D eigenvalue weighted by atomic mass is 16.5. The Labute approximate surface area is 104 Å². The quantitative estimate of drug-likeness (QED) is 0.703. The van der Waals surface area contributed by atoms with Gasteiger partial charge in [0.2, 0.25) is 5.88 Å². The van der Waals surface area contributed by atoms with Crippen molar-refractivity contribution < 1.29 is 19.4 Å². The van der Waals surface area contributed by atoms with Crippen molar-refractivity contribution in [2.75, 3.05) is 7.11 Å². The Hall–Kier alpha value is -2.31. The summed E-state index contributed by atoms with van der Waals surface area (Å²) in [4.78, 5) is 25.8. The lowest BCUT2D eigenvalue weighted by Crippen LogP contribution is -2.44. The number of aromatic nitrogens is 1. The third kappa shape index (κ3) is 4.28. The van der Waals surface area contributed by atoms with E-state index in [9.17, 15) is 9.59 Å². The van der Waals surface area contributed by atoms with Crippen LogP contribution in [0.5, 0.6) is 5.88 Å². The number of methoxy groups -OCH3 is 1. The number of nitrogens with zero attached hydrogens (tertiary/aromatic N) is 1. The summed E-state index contributed by atoms with van der Waals surface area (Å²) in [5.41, 5.74) is 0.786. The molecule has 0 fully saturated rings. The summed E-state index contributed by atoms with van der Waals surface area (Å²) in [5.74, 6) is -0.598. The van der Waals surface area contributed by atoms with Gasteiger partial charge in [-0.1, -0.05) is 6.07 Å². The Bertz CT molecular complexity index is 419. The molecule has 0 saturated heterocycles. The van der Waals surface area contributed by atoms with Gasteiger partial charge >= 0.3 is 12.0 Å². The molecule has 0 aliphatic carbocycles. The molecular formula is C11H15N3O4. The van der Waals surface area contributed by atoms with Crippen molar-refractivity contribution in [3.05, 3.63) is 23.9 Å². The maximum absolute atomic E-state index is 11.3.